The van der Waals surface area contributed by atoms with Gasteiger partial charge in [0.1, 0.15) is 5.82 Å². The average Bonchev–Trinajstić information content (AvgIpc) is 2.84. The Morgan fingerprint density at radius 2 is 1.69 bits per heavy atom. The first-order valence-corrected chi connectivity index (χ1v) is 11.3. The SMILES string of the molecule is O=C(C1CCC2C(=O)N(c3ccccc3)C(=O)NC2C1)N1CCN(c2ccccn2)CC1. The van der Waals surface area contributed by atoms with Gasteiger partial charge in [-0.2, -0.15) is 0 Å². The number of benzene rings is 1. The predicted molar refractivity (Wildman–Crippen MR) is 120 cm³/mol. The molecule has 5 rings (SSSR count). The van der Waals surface area contributed by atoms with E-state index in [1.54, 1.807) is 18.3 Å². The van der Waals surface area contributed by atoms with Crippen LogP contribution in [0.25, 0.3) is 0 Å². The maximum Gasteiger partial charge on any atom is 0.328 e. The molecule has 3 heterocycles. The molecule has 8 nitrogen and oxygen atoms in total. The van der Waals surface area contributed by atoms with Gasteiger partial charge >= 0.3 is 6.03 Å². The fourth-order valence-corrected chi connectivity index (χ4v) is 5.12. The predicted octanol–water partition coefficient (Wildman–Crippen LogP) is 2.27. The van der Waals surface area contributed by atoms with Gasteiger partial charge in [0.05, 0.1) is 11.6 Å². The quantitative estimate of drug-likeness (QED) is 0.803. The summed E-state index contributed by atoms with van der Waals surface area (Å²) in [4.78, 5) is 48.7. The van der Waals surface area contributed by atoms with Gasteiger partial charge in [-0.05, 0) is 43.5 Å². The zero-order valence-electron chi connectivity index (χ0n) is 17.9. The summed E-state index contributed by atoms with van der Waals surface area (Å²) in [5.41, 5.74) is 0.581. The van der Waals surface area contributed by atoms with E-state index >= 15 is 0 Å². The van der Waals surface area contributed by atoms with Crippen molar-refractivity contribution in [2.24, 2.45) is 11.8 Å². The first-order chi connectivity index (χ1) is 15.6. The third-order valence-electron chi connectivity index (χ3n) is 6.83. The minimum Gasteiger partial charge on any atom is -0.353 e. The highest BCUT2D eigenvalue weighted by molar-refractivity contribution is 6.17. The van der Waals surface area contributed by atoms with Crippen molar-refractivity contribution in [2.75, 3.05) is 36.0 Å². The molecule has 0 bridgehead atoms. The highest BCUT2D eigenvalue weighted by atomic mass is 16.2. The monoisotopic (exact) mass is 433 g/mol. The zero-order valence-corrected chi connectivity index (χ0v) is 17.9. The lowest BCUT2D eigenvalue weighted by atomic mass is 9.76. The molecule has 2 aliphatic heterocycles. The Labute approximate surface area is 187 Å². The smallest absolute Gasteiger partial charge is 0.328 e. The standard InChI is InChI=1S/C24H27N5O3/c30-22(28-14-12-27(13-15-28)21-8-4-5-11-25-21)17-9-10-19-20(16-17)26-24(32)29(23(19)31)18-6-2-1-3-7-18/h1-8,11,17,19-20H,9-10,12-16H2,(H,26,32). The molecule has 3 atom stereocenters. The number of hydrogen-bond donors (Lipinski definition) is 1. The number of fused-ring (bicyclic) bond motifs is 1. The molecule has 3 aliphatic rings. The third kappa shape index (κ3) is 3.81. The minimum absolute atomic E-state index is 0.135. The minimum atomic E-state index is -0.403. The highest BCUT2D eigenvalue weighted by Gasteiger charge is 2.46. The lowest BCUT2D eigenvalue weighted by Gasteiger charge is -2.43. The molecule has 1 N–H and O–H groups in total. The number of rotatable bonds is 3. The fraction of sp³-hybridized carbons (Fsp3) is 0.417. The highest BCUT2D eigenvalue weighted by Crippen LogP contribution is 2.35. The molecule has 8 heteroatoms. The number of pyridine rings is 1. The Kier molecular flexibility index (Phi) is 5.51. The molecule has 0 radical (unpaired) electrons. The molecule has 2 saturated heterocycles. The van der Waals surface area contributed by atoms with E-state index in [0.717, 1.165) is 18.9 Å². The Morgan fingerprint density at radius 1 is 0.938 bits per heavy atom. The molecular weight excluding hydrogens is 406 g/mol. The summed E-state index contributed by atoms with van der Waals surface area (Å²) < 4.78 is 0. The van der Waals surface area contributed by atoms with Crippen LogP contribution in [0.4, 0.5) is 16.3 Å². The van der Waals surface area contributed by atoms with Crippen LogP contribution < -0.4 is 15.1 Å². The van der Waals surface area contributed by atoms with Crippen molar-refractivity contribution in [1.29, 1.82) is 0 Å². The average molecular weight is 434 g/mol. The van der Waals surface area contributed by atoms with Crippen molar-refractivity contribution in [3.63, 3.8) is 0 Å². The second-order valence-corrected chi connectivity index (χ2v) is 8.68. The summed E-state index contributed by atoms with van der Waals surface area (Å²) in [7, 11) is 0. The van der Waals surface area contributed by atoms with Gasteiger partial charge in [0.2, 0.25) is 11.8 Å². The largest absolute Gasteiger partial charge is 0.353 e. The van der Waals surface area contributed by atoms with Crippen LogP contribution >= 0.6 is 0 Å². The zero-order chi connectivity index (χ0) is 22.1. The molecule has 0 spiro atoms. The van der Waals surface area contributed by atoms with Crippen LogP contribution in [0.2, 0.25) is 0 Å². The number of piperazine rings is 1. The van der Waals surface area contributed by atoms with Gasteiger partial charge < -0.3 is 15.1 Å². The van der Waals surface area contributed by atoms with E-state index in [2.05, 4.69) is 15.2 Å². The van der Waals surface area contributed by atoms with Crippen molar-refractivity contribution in [3.05, 3.63) is 54.7 Å². The molecule has 3 unspecified atom stereocenters. The Hall–Kier alpha value is -3.42. The molecule has 1 aliphatic carbocycles. The van der Waals surface area contributed by atoms with E-state index in [-0.39, 0.29) is 29.7 Å². The van der Waals surface area contributed by atoms with Gasteiger partial charge in [-0.25, -0.2) is 14.7 Å². The summed E-state index contributed by atoms with van der Waals surface area (Å²) in [6, 6.07) is 14.2. The van der Waals surface area contributed by atoms with E-state index in [4.69, 9.17) is 0 Å². The molecule has 3 fully saturated rings. The Bertz CT molecular complexity index is 991. The molecule has 4 amide bonds. The van der Waals surface area contributed by atoms with Gasteiger partial charge in [0, 0.05) is 44.3 Å². The molecule has 1 aromatic carbocycles. The number of amides is 4. The van der Waals surface area contributed by atoms with Gasteiger partial charge in [-0.1, -0.05) is 24.3 Å². The Balaban J connectivity index is 1.20. The van der Waals surface area contributed by atoms with Crippen LogP contribution in [0.3, 0.4) is 0 Å². The van der Waals surface area contributed by atoms with Crippen LogP contribution in [0.15, 0.2) is 54.7 Å². The second kappa shape index (κ2) is 8.61. The topological polar surface area (TPSA) is 85.8 Å². The molecule has 2 aromatic rings. The summed E-state index contributed by atoms with van der Waals surface area (Å²) in [6.45, 7) is 2.83. The third-order valence-corrected chi connectivity index (χ3v) is 6.83. The number of urea groups is 1. The van der Waals surface area contributed by atoms with Crippen LogP contribution in [-0.4, -0.2) is 60.0 Å². The second-order valence-electron chi connectivity index (χ2n) is 8.68. The molecular formula is C24H27N5O3. The van der Waals surface area contributed by atoms with Crippen molar-refractivity contribution in [2.45, 2.75) is 25.3 Å². The number of anilines is 2. The van der Waals surface area contributed by atoms with Crippen LogP contribution in [-0.2, 0) is 9.59 Å². The summed E-state index contributed by atoms with van der Waals surface area (Å²) in [6.07, 6.45) is 3.58. The summed E-state index contributed by atoms with van der Waals surface area (Å²) >= 11 is 0. The van der Waals surface area contributed by atoms with E-state index in [0.29, 0.717) is 38.0 Å². The first-order valence-electron chi connectivity index (χ1n) is 11.3. The van der Waals surface area contributed by atoms with Gasteiger partial charge in [0.25, 0.3) is 0 Å². The normalized spacial score (nSPS) is 25.9. The number of nitrogens with one attached hydrogen (secondary N) is 1. The van der Waals surface area contributed by atoms with Crippen molar-refractivity contribution in [3.8, 4) is 0 Å². The fourth-order valence-electron chi connectivity index (χ4n) is 5.12. The molecule has 166 valence electrons. The summed E-state index contributed by atoms with van der Waals surface area (Å²) in [5, 5.41) is 2.99. The van der Waals surface area contributed by atoms with Crippen LogP contribution in [0, 0.1) is 11.8 Å². The van der Waals surface area contributed by atoms with Gasteiger partial charge in [-0.3, -0.25) is 9.59 Å². The van der Waals surface area contributed by atoms with Crippen LogP contribution in [0.5, 0.6) is 0 Å². The van der Waals surface area contributed by atoms with Gasteiger partial charge in [-0.15, -0.1) is 0 Å². The number of para-hydroxylation sites is 1. The number of carbonyl (C=O) groups excluding carboxylic acids is 3. The number of carbonyl (C=O) groups is 3. The van der Waals surface area contributed by atoms with E-state index in [1.807, 2.05) is 41.3 Å². The van der Waals surface area contributed by atoms with Gasteiger partial charge in [0.15, 0.2) is 0 Å². The maximum absolute atomic E-state index is 13.2. The lowest BCUT2D eigenvalue weighted by Crippen LogP contribution is -2.62. The van der Waals surface area contributed by atoms with E-state index in [1.165, 1.54) is 4.90 Å². The molecule has 1 aromatic heterocycles. The lowest BCUT2D eigenvalue weighted by molar-refractivity contribution is -0.139. The first kappa shape index (κ1) is 20.5. The van der Waals surface area contributed by atoms with E-state index in [9.17, 15) is 14.4 Å². The van der Waals surface area contributed by atoms with Crippen molar-refractivity contribution < 1.29 is 14.4 Å². The Morgan fingerprint density at radius 3 is 2.41 bits per heavy atom. The number of aromatic nitrogens is 1. The van der Waals surface area contributed by atoms with E-state index < -0.39 is 6.03 Å². The maximum atomic E-state index is 13.2. The number of imide groups is 1. The number of hydrogen-bond acceptors (Lipinski definition) is 5. The van der Waals surface area contributed by atoms with Crippen molar-refractivity contribution in [1.82, 2.24) is 15.2 Å². The molecule has 32 heavy (non-hydrogen) atoms. The molecule has 1 saturated carbocycles. The van der Waals surface area contributed by atoms with Crippen molar-refractivity contribution >= 4 is 29.4 Å². The summed E-state index contributed by atoms with van der Waals surface area (Å²) in [5.74, 6) is 0.467. The number of nitrogens with zero attached hydrogens (tertiary/aromatic N) is 4. The van der Waals surface area contributed by atoms with Crippen LogP contribution in [0.1, 0.15) is 19.3 Å².